The molecule has 1 aromatic carbocycles. The van der Waals surface area contributed by atoms with E-state index in [0.29, 0.717) is 0 Å². The number of benzene rings is 1. The number of alkyl halides is 2. The molecule has 0 saturated carbocycles. The second-order valence-corrected chi connectivity index (χ2v) is 2.89. The molecule has 0 aliphatic carbocycles. The van der Waals surface area contributed by atoms with Gasteiger partial charge in [0.2, 0.25) is 0 Å². The van der Waals surface area contributed by atoms with E-state index in [9.17, 15) is 21.7 Å². The number of ether oxygens (including phenoxy) is 1. The van der Waals surface area contributed by atoms with Crippen molar-refractivity contribution in [3.05, 3.63) is 29.8 Å². The smallest absolute Gasteiger partial charge is 0.445 e. The summed E-state index contributed by atoms with van der Waals surface area (Å²) < 4.78 is 63.6. The molecule has 0 bridgehead atoms. The van der Waals surface area contributed by atoms with Crippen LogP contribution in [0, 0.1) is 0 Å². The van der Waals surface area contributed by atoms with Crippen molar-refractivity contribution in [2.45, 2.75) is 13.2 Å². The Morgan fingerprint density at radius 3 is 1.94 bits per heavy atom. The Bertz CT molecular complexity index is 313. The van der Waals surface area contributed by atoms with E-state index >= 15 is 0 Å². The van der Waals surface area contributed by atoms with E-state index in [1.807, 2.05) is 0 Å². The SMILES string of the molecule is FC(F)OCc1ccc([B-](F)(F)F)cc1.[K+]. The molecule has 0 spiro atoms. The van der Waals surface area contributed by atoms with Crippen LogP contribution in [0.2, 0.25) is 0 Å². The molecule has 0 aromatic heterocycles. The van der Waals surface area contributed by atoms with Gasteiger partial charge >= 0.3 is 65.0 Å². The quantitative estimate of drug-likeness (QED) is 0.525. The van der Waals surface area contributed by atoms with Crippen LogP contribution in [0.15, 0.2) is 24.3 Å². The predicted octanol–water partition coefficient (Wildman–Crippen LogP) is -0.516. The van der Waals surface area contributed by atoms with E-state index in [0.717, 1.165) is 24.3 Å². The van der Waals surface area contributed by atoms with Gasteiger partial charge in [-0.1, -0.05) is 24.3 Å². The van der Waals surface area contributed by atoms with Crippen molar-refractivity contribution in [3.63, 3.8) is 0 Å². The zero-order valence-corrected chi connectivity index (χ0v) is 11.6. The monoisotopic (exact) mass is 264 g/mol. The summed E-state index contributed by atoms with van der Waals surface area (Å²) in [6, 6.07) is 3.94. The minimum Gasteiger partial charge on any atom is -0.445 e. The van der Waals surface area contributed by atoms with Crippen molar-refractivity contribution in [2.24, 2.45) is 0 Å². The van der Waals surface area contributed by atoms with Crippen LogP contribution in [0.4, 0.5) is 21.7 Å². The Labute approximate surface area is 132 Å². The molecule has 0 atom stereocenters. The Hall–Kier alpha value is 0.531. The molecule has 1 rings (SSSR count). The van der Waals surface area contributed by atoms with Gasteiger partial charge in [0, 0.05) is 0 Å². The molecule has 0 N–H and O–H groups in total. The number of hydrogen-bond acceptors (Lipinski definition) is 1. The average molecular weight is 264 g/mol. The van der Waals surface area contributed by atoms with E-state index in [-0.39, 0.29) is 56.9 Å². The van der Waals surface area contributed by atoms with Gasteiger partial charge in [-0.05, 0) is 5.56 Å². The molecule has 0 fully saturated rings. The molecule has 0 aliphatic rings. The van der Waals surface area contributed by atoms with Gasteiger partial charge in [-0.3, -0.25) is 0 Å². The second kappa shape index (κ2) is 7.07. The van der Waals surface area contributed by atoms with Crippen molar-refractivity contribution in [2.75, 3.05) is 0 Å². The molecule has 1 nitrogen and oxygen atoms in total. The van der Waals surface area contributed by atoms with Gasteiger partial charge in [0.1, 0.15) is 0 Å². The molecule has 0 amide bonds. The largest absolute Gasteiger partial charge is 1.00 e. The first-order valence-corrected chi connectivity index (χ1v) is 4.08. The summed E-state index contributed by atoms with van der Waals surface area (Å²) >= 11 is 0. The summed E-state index contributed by atoms with van der Waals surface area (Å²) in [6.07, 6.45) is 0. The Morgan fingerprint density at radius 1 is 1.06 bits per heavy atom. The van der Waals surface area contributed by atoms with Gasteiger partial charge in [-0.15, -0.1) is 5.46 Å². The van der Waals surface area contributed by atoms with Gasteiger partial charge in [-0.25, -0.2) is 0 Å². The van der Waals surface area contributed by atoms with Gasteiger partial charge in [0.15, 0.2) is 0 Å². The maximum atomic E-state index is 12.1. The zero-order valence-electron chi connectivity index (χ0n) is 8.47. The van der Waals surface area contributed by atoms with Gasteiger partial charge in [-0.2, -0.15) is 8.78 Å². The molecule has 0 unspecified atom stereocenters. The maximum Gasteiger partial charge on any atom is 1.00 e. The van der Waals surface area contributed by atoms with Gasteiger partial charge in [0.25, 0.3) is 0 Å². The first kappa shape index (κ1) is 16.5. The first-order valence-electron chi connectivity index (χ1n) is 4.08. The van der Waals surface area contributed by atoms with Crippen LogP contribution in [0.5, 0.6) is 0 Å². The van der Waals surface area contributed by atoms with Crippen LogP contribution in [0.3, 0.4) is 0 Å². The minimum absolute atomic E-state index is 0. The topological polar surface area (TPSA) is 9.23 Å². The Kier molecular flexibility index (Phi) is 7.31. The molecule has 8 heteroatoms. The molecule has 0 heterocycles. The van der Waals surface area contributed by atoms with E-state index in [4.69, 9.17) is 0 Å². The van der Waals surface area contributed by atoms with E-state index in [2.05, 4.69) is 4.74 Å². The molecular formula is C8H7BF5KO. The van der Waals surface area contributed by atoms with Crippen molar-refractivity contribution in [3.8, 4) is 0 Å². The first-order chi connectivity index (χ1) is 6.89. The van der Waals surface area contributed by atoms with Gasteiger partial charge < -0.3 is 17.7 Å². The van der Waals surface area contributed by atoms with Crippen molar-refractivity contribution in [1.82, 2.24) is 0 Å². The van der Waals surface area contributed by atoms with Crippen LogP contribution >= 0.6 is 0 Å². The van der Waals surface area contributed by atoms with Gasteiger partial charge in [0.05, 0.1) is 6.61 Å². The number of rotatable bonds is 4. The molecule has 0 radical (unpaired) electrons. The summed E-state index contributed by atoms with van der Waals surface area (Å²) in [5.74, 6) is 0. The normalized spacial score (nSPS) is 11.4. The Morgan fingerprint density at radius 2 is 1.56 bits per heavy atom. The Balaban J connectivity index is 0.00000225. The molecule has 16 heavy (non-hydrogen) atoms. The van der Waals surface area contributed by atoms with E-state index < -0.39 is 25.7 Å². The molecule has 84 valence electrons. The zero-order chi connectivity index (χ0) is 11.5. The third-order valence-corrected chi connectivity index (χ3v) is 1.73. The van der Waals surface area contributed by atoms with Crippen LogP contribution in [0.1, 0.15) is 5.56 Å². The summed E-state index contributed by atoms with van der Waals surface area (Å²) in [5, 5.41) is 0. The van der Waals surface area contributed by atoms with Crippen LogP contribution in [-0.2, 0) is 11.3 Å². The average Bonchev–Trinajstić information content (AvgIpc) is 2.14. The van der Waals surface area contributed by atoms with Crippen molar-refractivity contribution >= 4 is 12.4 Å². The number of halogens is 5. The molecule has 1 aromatic rings. The summed E-state index contributed by atoms with van der Waals surface area (Å²) in [4.78, 5) is 0. The fourth-order valence-electron chi connectivity index (χ4n) is 0.991. The predicted molar refractivity (Wildman–Crippen MR) is 45.9 cm³/mol. The van der Waals surface area contributed by atoms with Crippen LogP contribution < -0.4 is 56.8 Å². The third kappa shape index (κ3) is 5.74. The van der Waals surface area contributed by atoms with Crippen LogP contribution in [0.25, 0.3) is 0 Å². The molecule has 0 saturated heterocycles. The van der Waals surface area contributed by atoms with Crippen molar-refractivity contribution < 1.29 is 77.8 Å². The minimum atomic E-state index is -5.03. The van der Waals surface area contributed by atoms with E-state index in [1.54, 1.807) is 0 Å². The fraction of sp³-hybridized carbons (Fsp3) is 0.250. The van der Waals surface area contributed by atoms with Crippen molar-refractivity contribution in [1.29, 1.82) is 0 Å². The van der Waals surface area contributed by atoms with Crippen LogP contribution in [-0.4, -0.2) is 13.6 Å². The number of hydrogen-bond donors (Lipinski definition) is 0. The fourth-order valence-corrected chi connectivity index (χ4v) is 0.991. The van der Waals surface area contributed by atoms with E-state index in [1.165, 1.54) is 0 Å². The summed E-state index contributed by atoms with van der Waals surface area (Å²) in [6.45, 7) is -8.35. The molecule has 0 aliphatic heterocycles. The third-order valence-electron chi connectivity index (χ3n) is 1.73. The molecular weight excluding hydrogens is 257 g/mol. The standard InChI is InChI=1S/C8H7BF5O.K/c10-8(11)15-5-6-1-3-7(4-2-6)9(12,13)14;/h1-4,8H,5H2;/q-1;+1. The summed E-state index contributed by atoms with van der Waals surface area (Å²) in [7, 11) is 0. The summed E-state index contributed by atoms with van der Waals surface area (Å²) in [5.41, 5.74) is -0.477. The second-order valence-electron chi connectivity index (χ2n) is 2.89. The maximum absolute atomic E-state index is 12.1.